The van der Waals surface area contributed by atoms with E-state index in [1.54, 1.807) is 57.2 Å². The van der Waals surface area contributed by atoms with Crippen molar-refractivity contribution in [2.45, 2.75) is 26.4 Å². The molecule has 0 amide bonds. The van der Waals surface area contributed by atoms with E-state index < -0.39 is 11.6 Å². The highest BCUT2D eigenvalue weighted by Gasteiger charge is 2.31. The Hall–Kier alpha value is -2.79. The number of hydrogen-bond acceptors (Lipinski definition) is 5. The number of rotatable bonds is 6. The van der Waals surface area contributed by atoms with E-state index >= 15 is 0 Å². The van der Waals surface area contributed by atoms with Gasteiger partial charge in [-0.05, 0) is 63.2 Å². The van der Waals surface area contributed by atoms with Crippen LogP contribution in [0.4, 0.5) is 0 Å². The molecule has 5 nitrogen and oxygen atoms in total. The fourth-order valence-electron chi connectivity index (χ4n) is 2.47. The number of nitrogens with zero attached hydrogens (tertiary/aromatic N) is 1. The molecule has 0 N–H and O–H groups in total. The van der Waals surface area contributed by atoms with E-state index in [9.17, 15) is 4.79 Å². The maximum absolute atomic E-state index is 11.9. The summed E-state index contributed by atoms with van der Waals surface area (Å²) in [4.78, 5) is 16.4. The van der Waals surface area contributed by atoms with Gasteiger partial charge in [0.15, 0.2) is 5.60 Å². The first-order valence-corrected chi connectivity index (χ1v) is 8.95. The summed E-state index contributed by atoms with van der Waals surface area (Å²) in [6.07, 6.45) is 0. The number of carbonyl (C=O) groups excluding carboxylic acids is 1. The van der Waals surface area contributed by atoms with Crippen LogP contribution in [0, 0.1) is 0 Å². The minimum absolute atomic E-state index is 0.308. The van der Waals surface area contributed by atoms with Crippen molar-refractivity contribution in [3.05, 3.63) is 59.6 Å². The zero-order valence-corrected chi connectivity index (χ0v) is 16.1. The molecule has 0 atom stereocenters. The van der Waals surface area contributed by atoms with Crippen molar-refractivity contribution in [2.75, 3.05) is 6.61 Å². The third-order valence-electron chi connectivity index (χ3n) is 3.81. The number of ether oxygens (including phenoxy) is 3. The first kappa shape index (κ1) is 19.0. The predicted octanol–water partition coefficient (Wildman–Crippen LogP) is 5.40. The van der Waals surface area contributed by atoms with Crippen LogP contribution < -0.4 is 9.47 Å². The summed E-state index contributed by atoms with van der Waals surface area (Å²) < 4.78 is 16.5. The fraction of sp³-hybridized carbons (Fsp3) is 0.238. The van der Waals surface area contributed by atoms with E-state index in [-0.39, 0.29) is 0 Å². The summed E-state index contributed by atoms with van der Waals surface area (Å²) in [6.45, 7) is 5.40. The van der Waals surface area contributed by atoms with Crippen LogP contribution in [0.25, 0.3) is 10.9 Å². The molecule has 0 radical (unpaired) electrons. The molecule has 0 bridgehead atoms. The van der Waals surface area contributed by atoms with E-state index in [2.05, 4.69) is 4.98 Å². The average molecular weight is 386 g/mol. The van der Waals surface area contributed by atoms with Crippen molar-refractivity contribution in [3.63, 3.8) is 0 Å². The number of pyridine rings is 1. The van der Waals surface area contributed by atoms with Gasteiger partial charge in [0.1, 0.15) is 11.5 Å². The number of carbonyl (C=O) groups is 1. The van der Waals surface area contributed by atoms with Crippen LogP contribution in [0.3, 0.4) is 0 Å². The van der Waals surface area contributed by atoms with Crippen LogP contribution in [0.1, 0.15) is 20.8 Å². The highest BCUT2D eigenvalue weighted by Crippen LogP contribution is 2.27. The van der Waals surface area contributed by atoms with Gasteiger partial charge < -0.3 is 14.2 Å². The zero-order chi connectivity index (χ0) is 19.4. The largest absolute Gasteiger partial charge is 0.476 e. The van der Waals surface area contributed by atoms with Crippen molar-refractivity contribution < 1.29 is 19.0 Å². The average Bonchev–Trinajstić information content (AvgIpc) is 2.63. The molecule has 0 saturated heterocycles. The summed E-state index contributed by atoms with van der Waals surface area (Å²) in [5, 5.41) is 1.61. The maximum Gasteiger partial charge on any atom is 0.349 e. The molecule has 1 heterocycles. The lowest BCUT2D eigenvalue weighted by molar-refractivity contribution is -0.158. The van der Waals surface area contributed by atoms with E-state index in [4.69, 9.17) is 25.8 Å². The molecule has 3 aromatic rings. The Balaban J connectivity index is 1.71. The molecular weight excluding hydrogens is 366 g/mol. The molecule has 0 unspecified atom stereocenters. The molecular formula is C21H20ClNO4. The molecule has 0 fully saturated rings. The Bertz CT molecular complexity index is 954. The topological polar surface area (TPSA) is 57.7 Å². The van der Waals surface area contributed by atoms with Gasteiger partial charge in [-0.3, -0.25) is 0 Å². The SMILES string of the molecule is CCOC(=O)C(C)(C)Oc1ccc(Oc2ccc3ccc(Cl)cc3n2)cc1. The van der Waals surface area contributed by atoms with Gasteiger partial charge in [-0.1, -0.05) is 17.7 Å². The van der Waals surface area contributed by atoms with E-state index in [0.29, 0.717) is 29.0 Å². The quantitative estimate of drug-likeness (QED) is 0.531. The van der Waals surface area contributed by atoms with Crippen LogP contribution in [-0.2, 0) is 9.53 Å². The number of fused-ring (bicyclic) bond motifs is 1. The van der Waals surface area contributed by atoms with Crippen LogP contribution >= 0.6 is 11.6 Å². The first-order valence-electron chi connectivity index (χ1n) is 8.58. The Kier molecular flexibility index (Phi) is 5.51. The summed E-state index contributed by atoms with van der Waals surface area (Å²) in [6, 6.07) is 16.2. The molecule has 1 aromatic heterocycles. The highest BCUT2D eigenvalue weighted by molar-refractivity contribution is 6.31. The van der Waals surface area contributed by atoms with Gasteiger partial charge in [0.05, 0.1) is 12.1 Å². The molecule has 2 aromatic carbocycles. The number of halogens is 1. The normalized spacial score (nSPS) is 11.3. The van der Waals surface area contributed by atoms with Gasteiger partial charge in [0.25, 0.3) is 0 Å². The molecule has 27 heavy (non-hydrogen) atoms. The van der Waals surface area contributed by atoms with Crippen LogP contribution in [0.15, 0.2) is 54.6 Å². The molecule has 0 spiro atoms. The summed E-state index contributed by atoms with van der Waals surface area (Å²) in [5.74, 6) is 1.19. The zero-order valence-electron chi connectivity index (χ0n) is 15.4. The number of hydrogen-bond donors (Lipinski definition) is 0. The maximum atomic E-state index is 11.9. The predicted molar refractivity (Wildman–Crippen MR) is 105 cm³/mol. The summed E-state index contributed by atoms with van der Waals surface area (Å²) in [7, 11) is 0. The van der Waals surface area contributed by atoms with Gasteiger partial charge in [-0.25, -0.2) is 9.78 Å². The molecule has 0 aliphatic heterocycles. The minimum Gasteiger partial charge on any atom is -0.476 e. The van der Waals surface area contributed by atoms with Crippen molar-refractivity contribution in [3.8, 4) is 17.4 Å². The number of esters is 1. The minimum atomic E-state index is -1.07. The van der Waals surface area contributed by atoms with Crippen molar-refractivity contribution in [2.24, 2.45) is 0 Å². The third kappa shape index (κ3) is 4.68. The van der Waals surface area contributed by atoms with Gasteiger partial charge in [0, 0.05) is 16.5 Å². The van der Waals surface area contributed by atoms with E-state index in [0.717, 1.165) is 10.9 Å². The number of aromatic nitrogens is 1. The molecule has 3 rings (SSSR count). The summed E-state index contributed by atoms with van der Waals surface area (Å²) >= 11 is 6.02. The fourth-order valence-corrected chi connectivity index (χ4v) is 2.63. The molecule has 0 aliphatic carbocycles. The second kappa shape index (κ2) is 7.84. The second-order valence-corrected chi connectivity index (χ2v) is 6.83. The lowest BCUT2D eigenvalue weighted by atomic mass is 10.1. The Morgan fingerprint density at radius 1 is 1.04 bits per heavy atom. The summed E-state index contributed by atoms with van der Waals surface area (Å²) in [5.41, 5.74) is -0.312. The molecule has 0 saturated carbocycles. The van der Waals surface area contributed by atoms with E-state index in [1.807, 2.05) is 18.2 Å². The van der Waals surface area contributed by atoms with Crippen LogP contribution in [0.5, 0.6) is 17.4 Å². The van der Waals surface area contributed by atoms with Gasteiger partial charge >= 0.3 is 5.97 Å². The van der Waals surface area contributed by atoms with Gasteiger partial charge in [-0.2, -0.15) is 0 Å². The standard InChI is InChI=1S/C21H20ClNO4/c1-4-25-20(24)21(2,3)27-17-10-8-16(9-11-17)26-19-12-6-14-5-7-15(22)13-18(14)23-19/h5-13H,4H2,1-3H3. The lowest BCUT2D eigenvalue weighted by Gasteiger charge is -2.24. The molecule has 0 aliphatic rings. The Morgan fingerprint density at radius 3 is 2.41 bits per heavy atom. The van der Waals surface area contributed by atoms with Crippen LogP contribution in [0.2, 0.25) is 5.02 Å². The Morgan fingerprint density at radius 2 is 1.70 bits per heavy atom. The number of benzene rings is 2. The van der Waals surface area contributed by atoms with E-state index in [1.165, 1.54) is 0 Å². The molecule has 6 heteroatoms. The first-order chi connectivity index (χ1) is 12.9. The third-order valence-corrected chi connectivity index (χ3v) is 4.05. The Labute approximate surface area is 162 Å². The monoisotopic (exact) mass is 385 g/mol. The molecule has 140 valence electrons. The second-order valence-electron chi connectivity index (χ2n) is 6.39. The van der Waals surface area contributed by atoms with Crippen molar-refractivity contribution in [1.82, 2.24) is 4.98 Å². The van der Waals surface area contributed by atoms with Crippen molar-refractivity contribution in [1.29, 1.82) is 0 Å². The van der Waals surface area contributed by atoms with Crippen molar-refractivity contribution >= 4 is 28.5 Å². The lowest BCUT2D eigenvalue weighted by Crippen LogP contribution is -2.39. The highest BCUT2D eigenvalue weighted by atomic mass is 35.5. The smallest absolute Gasteiger partial charge is 0.349 e. The van der Waals surface area contributed by atoms with Gasteiger partial charge in [0.2, 0.25) is 5.88 Å². The van der Waals surface area contributed by atoms with Gasteiger partial charge in [-0.15, -0.1) is 0 Å². The van der Waals surface area contributed by atoms with Crippen LogP contribution in [-0.4, -0.2) is 23.2 Å².